The summed E-state index contributed by atoms with van der Waals surface area (Å²) in [7, 11) is 0. The quantitative estimate of drug-likeness (QED) is 0.752. The first-order valence-electron chi connectivity index (χ1n) is 6.30. The van der Waals surface area contributed by atoms with Crippen molar-refractivity contribution in [3.05, 3.63) is 17.5 Å². The van der Waals surface area contributed by atoms with Gasteiger partial charge in [-0.15, -0.1) is 0 Å². The van der Waals surface area contributed by atoms with Crippen LogP contribution in [0.4, 0.5) is 5.82 Å². The van der Waals surface area contributed by atoms with Gasteiger partial charge in [-0.3, -0.25) is 4.90 Å². The molecule has 4 nitrogen and oxygen atoms in total. The van der Waals surface area contributed by atoms with Crippen LogP contribution in [0.15, 0.2) is 12.3 Å². The predicted molar refractivity (Wildman–Crippen MR) is 68.5 cm³/mol. The van der Waals surface area contributed by atoms with Crippen LogP contribution >= 0.6 is 11.6 Å². The molecule has 92 valence electrons. The molecule has 5 heteroatoms. The fourth-order valence-electron chi connectivity index (χ4n) is 2.66. The zero-order valence-corrected chi connectivity index (χ0v) is 10.6. The van der Waals surface area contributed by atoms with Gasteiger partial charge in [0.15, 0.2) is 0 Å². The summed E-state index contributed by atoms with van der Waals surface area (Å²) < 4.78 is 0. The third-order valence-corrected chi connectivity index (χ3v) is 3.89. The van der Waals surface area contributed by atoms with Gasteiger partial charge in [-0.2, -0.15) is 0 Å². The number of piperidine rings is 1. The Hall–Kier alpha value is -0.870. The first-order chi connectivity index (χ1) is 8.33. The van der Waals surface area contributed by atoms with E-state index in [-0.39, 0.29) is 0 Å². The van der Waals surface area contributed by atoms with Gasteiger partial charge in [0, 0.05) is 25.3 Å². The maximum absolute atomic E-state index is 5.80. The van der Waals surface area contributed by atoms with Crippen LogP contribution in [0.5, 0.6) is 0 Å². The van der Waals surface area contributed by atoms with E-state index in [9.17, 15) is 0 Å². The van der Waals surface area contributed by atoms with Crippen LogP contribution in [0.3, 0.4) is 0 Å². The second kappa shape index (κ2) is 4.78. The molecule has 1 aromatic rings. The number of anilines is 1. The maximum Gasteiger partial charge on any atom is 0.224 e. The lowest BCUT2D eigenvalue weighted by Crippen LogP contribution is -2.60. The summed E-state index contributed by atoms with van der Waals surface area (Å²) in [6.07, 6.45) is 5.83. The van der Waals surface area contributed by atoms with E-state index in [4.69, 9.17) is 11.6 Å². The van der Waals surface area contributed by atoms with E-state index in [0.29, 0.717) is 11.3 Å². The average molecular weight is 253 g/mol. The van der Waals surface area contributed by atoms with Gasteiger partial charge in [0.1, 0.15) is 5.82 Å². The van der Waals surface area contributed by atoms with Gasteiger partial charge in [0.2, 0.25) is 5.28 Å². The maximum atomic E-state index is 5.80. The molecule has 0 saturated carbocycles. The Labute approximate surface area is 107 Å². The van der Waals surface area contributed by atoms with Crippen molar-refractivity contribution < 1.29 is 0 Å². The molecule has 0 spiro atoms. The van der Waals surface area contributed by atoms with Crippen molar-refractivity contribution in [1.29, 1.82) is 0 Å². The zero-order chi connectivity index (χ0) is 11.7. The SMILES string of the molecule is Clc1nccc(N2CC(N3CCCCC3)C2)n1. The fourth-order valence-corrected chi connectivity index (χ4v) is 2.80. The molecular formula is C12H17ClN4. The van der Waals surface area contributed by atoms with Crippen molar-refractivity contribution in [3.63, 3.8) is 0 Å². The minimum Gasteiger partial charge on any atom is -0.353 e. The van der Waals surface area contributed by atoms with Gasteiger partial charge in [0.05, 0.1) is 0 Å². The first-order valence-corrected chi connectivity index (χ1v) is 6.68. The molecule has 0 aliphatic carbocycles. The van der Waals surface area contributed by atoms with Crippen LogP contribution in [0.25, 0.3) is 0 Å². The van der Waals surface area contributed by atoms with Gasteiger partial charge < -0.3 is 4.90 Å². The summed E-state index contributed by atoms with van der Waals surface area (Å²) in [6.45, 7) is 4.69. The number of aromatic nitrogens is 2. The molecule has 17 heavy (non-hydrogen) atoms. The Morgan fingerprint density at radius 3 is 2.65 bits per heavy atom. The molecule has 0 N–H and O–H groups in total. The fraction of sp³-hybridized carbons (Fsp3) is 0.667. The molecule has 2 aliphatic heterocycles. The number of hydrogen-bond donors (Lipinski definition) is 0. The van der Waals surface area contributed by atoms with Crippen LogP contribution in [0, 0.1) is 0 Å². The zero-order valence-electron chi connectivity index (χ0n) is 9.85. The summed E-state index contributed by atoms with van der Waals surface area (Å²) in [5, 5.41) is 0.337. The van der Waals surface area contributed by atoms with Crippen LogP contribution in [-0.4, -0.2) is 47.1 Å². The van der Waals surface area contributed by atoms with E-state index in [1.165, 1.54) is 32.4 Å². The van der Waals surface area contributed by atoms with Crippen molar-refractivity contribution in [2.45, 2.75) is 25.3 Å². The lowest BCUT2D eigenvalue weighted by molar-refractivity contribution is 0.138. The molecule has 0 unspecified atom stereocenters. The van der Waals surface area contributed by atoms with Gasteiger partial charge in [-0.1, -0.05) is 6.42 Å². The Bertz CT molecular complexity index is 386. The highest BCUT2D eigenvalue weighted by atomic mass is 35.5. The molecule has 2 fully saturated rings. The highest BCUT2D eigenvalue weighted by molar-refractivity contribution is 6.28. The van der Waals surface area contributed by atoms with E-state index in [1.807, 2.05) is 6.07 Å². The Balaban J connectivity index is 1.57. The summed E-state index contributed by atoms with van der Waals surface area (Å²) in [5.41, 5.74) is 0. The van der Waals surface area contributed by atoms with Crippen molar-refractivity contribution in [2.75, 3.05) is 31.1 Å². The Morgan fingerprint density at radius 1 is 1.18 bits per heavy atom. The predicted octanol–water partition coefficient (Wildman–Crippen LogP) is 1.80. The molecule has 0 aromatic carbocycles. The van der Waals surface area contributed by atoms with E-state index < -0.39 is 0 Å². The number of hydrogen-bond acceptors (Lipinski definition) is 4. The third kappa shape index (κ3) is 2.38. The minimum absolute atomic E-state index is 0.337. The highest BCUT2D eigenvalue weighted by Crippen LogP contribution is 2.24. The number of likely N-dealkylation sites (tertiary alicyclic amines) is 1. The van der Waals surface area contributed by atoms with E-state index >= 15 is 0 Å². The smallest absolute Gasteiger partial charge is 0.224 e. The van der Waals surface area contributed by atoms with Crippen molar-refractivity contribution in [3.8, 4) is 0 Å². The van der Waals surface area contributed by atoms with E-state index in [2.05, 4.69) is 19.8 Å². The van der Waals surface area contributed by atoms with Gasteiger partial charge >= 0.3 is 0 Å². The topological polar surface area (TPSA) is 32.3 Å². The molecule has 3 heterocycles. The Morgan fingerprint density at radius 2 is 1.94 bits per heavy atom. The van der Waals surface area contributed by atoms with E-state index in [0.717, 1.165) is 18.9 Å². The van der Waals surface area contributed by atoms with Gasteiger partial charge in [-0.05, 0) is 43.6 Å². The molecule has 0 amide bonds. The molecule has 2 aliphatic rings. The lowest BCUT2D eigenvalue weighted by Gasteiger charge is -2.47. The highest BCUT2D eigenvalue weighted by Gasteiger charge is 2.33. The Kier molecular flexibility index (Phi) is 3.16. The summed E-state index contributed by atoms with van der Waals surface area (Å²) in [4.78, 5) is 13.0. The van der Waals surface area contributed by atoms with Crippen LogP contribution in [0.1, 0.15) is 19.3 Å². The largest absolute Gasteiger partial charge is 0.353 e. The van der Waals surface area contributed by atoms with Crippen molar-refractivity contribution in [2.24, 2.45) is 0 Å². The normalized spacial score (nSPS) is 22.5. The van der Waals surface area contributed by atoms with Crippen LogP contribution in [-0.2, 0) is 0 Å². The summed E-state index contributed by atoms with van der Waals surface area (Å²) in [5.74, 6) is 0.957. The molecule has 3 rings (SSSR count). The van der Waals surface area contributed by atoms with Crippen molar-refractivity contribution >= 4 is 17.4 Å². The van der Waals surface area contributed by atoms with Gasteiger partial charge in [-0.25, -0.2) is 9.97 Å². The second-order valence-electron chi connectivity index (χ2n) is 4.84. The summed E-state index contributed by atoms with van der Waals surface area (Å²) >= 11 is 5.80. The first kappa shape index (κ1) is 11.2. The molecule has 0 bridgehead atoms. The standard InChI is InChI=1S/C12H17ClN4/c13-12-14-5-4-11(15-12)17-8-10(9-17)16-6-2-1-3-7-16/h4-5,10H,1-3,6-9H2. The number of rotatable bonds is 2. The number of nitrogens with zero attached hydrogens (tertiary/aromatic N) is 4. The van der Waals surface area contributed by atoms with Crippen LogP contribution in [0.2, 0.25) is 5.28 Å². The van der Waals surface area contributed by atoms with Crippen LogP contribution < -0.4 is 4.90 Å². The summed E-state index contributed by atoms with van der Waals surface area (Å²) in [6, 6.07) is 2.64. The molecule has 0 radical (unpaired) electrons. The van der Waals surface area contributed by atoms with E-state index in [1.54, 1.807) is 6.20 Å². The second-order valence-corrected chi connectivity index (χ2v) is 5.18. The average Bonchev–Trinajstić information content (AvgIpc) is 2.28. The molecule has 2 saturated heterocycles. The monoisotopic (exact) mass is 252 g/mol. The minimum atomic E-state index is 0.337. The molecule has 1 aromatic heterocycles. The van der Waals surface area contributed by atoms with Gasteiger partial charge in [0.25, 0.3) is 0 Å². The number of halogens is 1. The third-order valence-electron chi connectivity index (χ3n) is 3.70. The molecule has 0 atom stereocenters. The lowest BCUT2D eigenvalue weighted by atomic mass is 10.0. The molecular weight excluding hydrogens is 236 g/mol. The van der Waals surface area contributed by atoms with Crippen molar-refractivity contribution in [1.82, 2.24) is 14.9 Å².